The number of nitrogens with zero attached hydrogens (tertiary/aromatic N) is 3. The molecule has 164 valence electrons. The highest BCUT2D eigenvalue weighted by molar-refractivity contribution is 6.30. The van der Waals surface area contributed by atoms with Crippen molar-refractivity contribution in [3.05, 3.63) is 108 Å². The van der Waals surface area contributed by atoms with Crippen molar-refractivity contribution in [1.82, 2.24) is 14.8 Å². The Labute approximate surface area is 194 Å². The minimum atomic E-state index is -1.06. The minimum absolute atomic E-state index is 0.00352. The van der Waals surface area contributed by atoms with Crippen LogP contribution in [0.1, 0.15) is 10.5 Å². The molecule has 0 aliphatic heterocycles. The summed E-state index contributed by atoms with van der Waals surface area (Å²) in [5.41, 5.74) is 9.65. The molecule has 0 saturated heterocycles. The van der Waals surface area contributed by atoms with Crippen LogP contribution in [-0.4, -0.2) is 25.8 Å². The molecule has 33 heavy (non-hydrogen) atoms. The predicted molar refractivity (Wildman–Crippen MR) is 127 cm³/mol. The molecular formula is C25H19ClN4O3. The van der Waals surface area contributed by atoms with Gasteiger partial charge in [-0.15, -0.1) is 0 Å². The average molecular weight is 459 g/mol. The van der Waals surface area contributed by atoms with Gasteiger partial charge in [0.15, 0.2) is 17.8 Å². The maximum Gasteiger partial charge on any atom is 0.356 e. The van der Waals surface area contributed by atoms with E-state index in [0.717, 1.165) is 34.0 Å². The fraction of sp³-hybridized carbons (Fsp3) is 0. The number of hydrogen-bond acceptors (Lipinski definition) is 5. The van der Waals surface area contributed by atoms with E-state index < -0.39 is 5.97 Å². The molecule has 0 spiro atoms. The van der Waals surface area contributed by atoms with Gasteiger partial charge in [0, 0.05) is 21.8 Å². The smallest absolute Gasteiger partial charge is 0.356 e. The second-order valence-electron chi connectivity index (χ2n) is 6.97. The lowest BCUT2D eigenvalue weighted by Crippen LogP contribution is -2.02. The Morgan fingerprint density at radius 3 is 2.30 bits per heavy atom. The van der Waals surface area contributed by atoms with E-state index >= 15 is 0 Å². The summed E-state index contributed by atoms with van der Waals surface area (Å²) in [5, 5.41) is 13.9. The lowest BCUT2D eigenvalue weighted by atomic mass is 10.1. The summed E-state index contributed by atoms with van der Waals surface area (Å²) in [6.07, 6.45) is 3.06. The maximum atomic E-state index is 11.2. The largest absolute Gasteiger partial charge is 0.476 e. The van der Waals surface area contributed by atoms with E-state index in [0.29, 0.717) is 5.02 Å². The van der Waals surface area contributed by atoms with Crippen molar-refractivity contribution < 1.29 is 14.3 Å². The third-order valence-electron chi connectivity index (χ3n) is 4.67. The van der Waals surface area contributed by atoms with E-state index in [4.69, 9.17) is 26.9 Å². The topological polar surface area (TPSA) is 107 Å². The number of rotatable bonds is 4. The number of aromatic nitrogens is 3. The van der Waals surface area contributed by atoms with Gasteiger partial charge < -0.3 is 15.3 Å². The molecule has 0 saturated carbocycles. The Bertz CT molecular complexity index is 1350. The molecule has 0 aliphatic rings. The summed E-state index contributed by atoms with van der Waals surface area (Å²) < 4.78 is 6.71. The number of carboxylic acid groups (broad SMARTS) is 1. The number of nitrogen functional groups attached to an aromatic ring is 1. The first-order chi connectivity index (χ1) is 16.0. The standard InChI is InChI=1S/C16H11ClN2O2.C9H8N2O/c17-12-6-8-13(9-7-12)19-15(10-14(18-19)16(20)21)11-4-2-1-3-5-11;10-8-3-1-2-7(4-8)9-5-11-6-12-9/h1-10H,(H,20,21);1-6H,10H2. The lowest BCUT2D eigenvalue weighted by Gasteiger charge is -2.07. The third kappa shape index (κ3) is 5.28. The normalized spacial score (nSPS) is 10.3. The molecule has 3 N–H and O–H groups in total. The Kier molecular flexibility index (Phi) is 6.52. The minimum Gasteiger partial charge on any atom is -0.476 e. The molecule has 0 atom stereocenters. The molecule has 0 aliphatic carbocycles. The van der Waals surface area contributed by atoms with Crippen molar-refractivity contribution in [2.75, 3.05) is 5.73 Å². The summed E-state index contributed by atoms with van der Waals surface area (Å²) in [5.74, 6) is -0.317. The molecule has 5 aromatic rings. The van der Waals surface area contributed by atoms with Gasteiger partial charge in [0.2, 0.25) is 0 Å². The van der Waals surface area contributed by atoms with E-state index in [9.17, 15) is 4.79 Å². The molecule has 0 radical (unpaired) electrons. The second-order valence-corrected chi connectivity index (χ2v) is 7.40. The zero-order valence-electron chi connectivity index (χ0n) is 17.3. The molecule has 0 unspecified atom stereocenters. The molecule has 8 heteroatoms. The fourth-order valence-electron chi connectivity index (χ4n) is 3.13. The van der Waals surface area contributed by atoms with Crippen LogP contribution in [0.3, 0.4) is 0 Å². The molecule has 7 nitrogen and oxygen atoms in total. The van der Waals surface area contributed by atoms with Crippen LogP contribution >= 0.6 is 11.6 Å². The summed E-state index contributed by atoms with van der Waals surface area (Å²) in [4.78, 5) is 15.0. The number of carboxylic acids is 1. The number of anilines is 1. The van der Waals surface area contributed by atoms with Crippen LogP contribution in [0.25, 0.3) is 28.3 Å². The summed E-state index contributed by atoms with van der Waals surface area (Å²) in [7, 11) is 0. The number of benzene rings is 3. The number of hydrogen-bond donors (Lipinski definition) is 2. The molecule has 5 rings (SSSR count). The number of nitrogens with two attached hydrogens (primary N) is 1. The van der Waals surface area contributed by atoms with Gasteiger partial charge in [-0.25, -0.2) is 14.5 Å². The monoisotopic (exact) mass is 458 g/mol. The molecule has 0 amide bonds. The van der Waals surface area contributed by atoms with Gasteiger partial charge in [-0.1, -0.05) is 54.1 Å². The molecule has 0 bridgehead atoms. The van der Waals surface area contributed by atoms with Gasteiger partial charge in [-0.05, 0) is 42.5 Å². The van der Waals surface area contributed by atoms with E-state index in [1.807, 2.05) is 54.6 Å². The number of aromatic carboxylic acids is 1. The van der Waals surface area contributed by atoms with Crippen molar-refractivity contribution in [3.63, 3.8) is 0 Å². The van der Waals surface area contributed by atoms with E-state index in [1.165, 1.54) is 6.39 Å². The van der Waals surface area contributed by atoms with Gasteiger partial charge in [0.1, 0.15) is 0 Å². The van der Waals surface area contributed by atoms with Crippen LogP contribution in [0.15, 0.2) is 102 Å². The SMILES string of the molecule is Nc1cccc(-c2cnco2)c1.O=C(O)c1cc(-c2ccccc2)n(-c2ccc(Cl)cc2)n1. The Morgan fingerprint density at radius 2 is 1.67 bits per heavy atom. The highest BCUT2D eigenvalue weighted by Crippen LogP contribution is 2.25. The van der Waals surface area contributed by atoms with Crippen molar-refractivity contribution in [3.8, 4) is 28.3 Å². The maximum absolute atomic E-state index is 11.2. The number of halogens is 1. The highest BCUT2D eigenvalue weighted by Gasteiger charge is 2.15. The quantitative estimate of drug-likeness (QED) is 0.329. The summed E-state index contributed by atoms with van der Waals surface area (Å²) >= 11 is 5.89. The number of oxazole rings is 1. The van der Waals surface area contributed by atoms with Gasteiger partial charge >= 0.3 is 5.97 Å². The highest BCUT2D eigenvalue weighted by atomic mass is 35.5. The zero-order valence-corrected chi connectivity index (χ0v) is 18.1. The van der Waals surface area contributed by atoms with Crippen LogP contribution in [0.5, 0.6) is 0 Å². The Hall–Kier alpha value is -4.36. The van der Waals surface area contributed by atoms with Crippen LogP contribution in [-0.2, 0) is 0 Å². The fourth-order valence-corrected chi connectivity index (χ4v) is 3.26. The van der Waals surface area contributed by atoms with Crippen molar-refractivity contribution in [2.45, 2.75) is 0 Å². The van der Waals surface area contributed by atoms with Gasteiger partial charge in [0.05, 0.1) is 17.6 Å². The first-order valence-corrected chi connectivity index (χ1v) is 10.3. The van der Waals surface area contributed by atoms with Crippen LogP contribution < -0.4 is 5.73 Å². The first kappa shape index (κ1) is 21.9. The molecule has 3 aromatic carbocycles. The molecule has 2 heterocycles. The lowest BCUT2D eigenvalue weighted by molar-refractivity contribution is 0.0690. The van der Waals surface area contributed by atoms with E-state index in [1.54, 1.807) is 41.2 Å². The number of carbonyl (C=O) groups is 1. The molecular weight excluding hydrogens is 440 g/mol. The van der Waals surface area contributed by atoms with E-state index in [2.05, 4.69) is 10.1 Å². The molecule has 2 aromatic heterocycles. The van der Waals surface area contributed by atoms with E-state index in [-0.39, 0.29) is 5.69 Å². The van der Waals surface area contributed by atoms with Crippen molar-refractivity contribution in [2.24, 2.45) is 0 Å². The van der Waals surface area contributed by atoms with Gasteiger partial charge in [-0.2, -0.15) is 5.10 Å². The van der Waals surface area contributed by atoms with Crippen LogP contribution in [0.4, 0.5) is 5.69 Å². The van der Waals surface area contributed by atoms with Gasteiger partial charge in [-0.3, -0.25) is 0 Å². The van der Waals surface area contributed by atoms with Crippen LogP contribution in [0, 0.1) is 0 Å². The molecule has 0 fully saturated rings. The first-order valence-electron chi connectivity index (χ1n) is 9.90. The Morgan fingerprint density at radius 1 is 0.939 bits per heavy atom. The zero-order chi connectivity index (χ0) is 23.2. The van der Waals surface area contributed by atoms with Crippen molar-refractivity contribution >= 4 is 23.3 Å². The summed E-state index contributed by atoms with van der Waals surface area (Å²) in [6.45, 7) is 0. The predicted octanol–water partition coefficient (Wildman–Crippen LogP) is 5.81. The average Bonchev–Trinajstić information content (AvgIpc) is 3.52. The van der Waals surface area contributed by atoms with Crippen LogP contribution in [0.2, 0.25) is 5.02 Å². The summed E-state index contributed by atoms with van der Waals surface area (Å²) in [6, 6.07) is 25.7. The Balaban J connectivity index is 0.000000183. The third-order valence-corrected chi connectivity index (χ3v) is 4.92. The van der Waals surface area contributed by atoms with Gasteiger partial charge in [0.25, 0.3) is 0 Å². The second kappa shape index (κ2) is 9.84. The van der Waals surface area contributed by atoms with Crippen molar-refractivity contribution in [1.29, 1.82) is 0 Å².